The number of allylic oxidation sites excluding steroid dienone is 8. The largest absolute Gasteiger partial charge is 0.464 e. The molecule has 0 unspecified atom stereocenters. The first-order valence-corrected chi connectivity index (χ1v) is 22.3. The van der Waals surface area contributed by atoms with Crippen LogP contribution in [0.3, 0.4) is 0 Å². The minimum atomic E-state index is -0.209. The molecule has 0 spiro atoms. The second kappa shape index (κ2) is 38.6. The third-order valence-corrected chi connectivity index (χ3v) is 9.66. The molecule has 0 rings (SSSR count). The Morgan fingerprint density at radius 3 is 1.24 bits per heavy atom. The fourth-order valence-electron chi connectivity index (χ4n) is 6.36. The van der Waals surface area contributed by atoms with E-state index in [-0.39, 0.29) is 31.1 Å². The summed E-state index contributed by atoms with van der Waals surface area (Å²) < 4.78 is 11.6. The summed E-state index contributed by atoms with van der Waals surface area (Å²) >= 11 is 0. The van der Waals surface area contributed by atoms with E-state index in [1.807, 2.05) is 0 Å². The molecule has 7 nitrogen and oxygen atoms in total. The number of carbonyl (C=O) groups is 3. The minimum Gasteiger partial charge on any atom is -0.464 e. The van der Waals surface area contributed by atoms with Gasteiger partial charge in [-0.2, -0.15) is 0 Å². The van der Waals surface area contributed by atoms with Gasteiger partial charge in [-0.1, -0.05) is 134 Å². The number of quaternary nitrogens is 1. The predicted octanol–water partition coefficient (Wildman–Crippen LogP) is 12.0. The Morgan fingerprint density at radius 1 is 0.481 bits per heavy atom. The summed E-state index contributed by atoms with van der Waals surface area (Å²) in [6, 6.07) is 0. The van der Waals surface area contributed by atoms with E-state index in [4.69, 9.17) is 9.47 Å². The zero-order chi connectivity index (χ0) is 39.8. The zero-order valence-corrected chi connectivity index (χ0v) is 36.0. The van der Waals surface area contributed by atoms with E-state index in [9.17, 15) is 14.4 Å². The van der Waals surface area contributed by atoms with Gasteiger partial charge in [-0.05, 0) is 83.5 Å². The summed E-state index contributed by atoms with van der Waals surface area (Å²) in [5.41, 5.74) is 0. The maximum Gasteiger partial charge on any atom is 0.305 e. The maximum absolute atomic E-state index is 13.3. The summed E-state index contributed by atoms with van der Waals surface area (Å²) in [4.78, 5) is 39.8. The van der Waals surface area contributed by atoms with Gasteiger partial charge in [0.15, 0.2) is 6.54 Å². The number of ether oxygens (including phenoxy) is 2. The van der Waals surface area contributed by atoms with Gasteiger partial charge in [0, 0.05) is 12.8 Å². The number of amides is 1. The highest BCUT2D eigenvalue weighted by Gasteiger charge is 2.24. The number of unbranched alkanes of at least 4 members (excludes halogenated alkanes) is 16. The van der Waals surface area contributed by atoms with Gasteiger partial charge in [0.1, 0.15) is 13.2 Å². The first kappa shape index (κ1) is 51.3. The average molecular weight is 758 g/mol. The van der Waals surface area contributed by atoms with Crippen LogP contribution in [0.25, 0.3) is 0 Å². The normalized spacial score (nSPS) is 12.2. The summed E-state index contributed by atoms with van der Waals surface area (Å²) in [6.07, 6.45) is 45.2. The number of carbonyl (C=O) groups excluding carboxylic acids is 3. The molecule has 7 heteroatoms. The van der Waals surface area contributed by atoms with Gasteiger partial charge < -0.3 is 18.9 Å². The quantitative estimate of drug-likeness (QED) is 0.0271. The lowest BCUT2D eigenvalue weighted by Gasteiger charge is -2.31. The smallest absolute Gasteiger partial charge is 0.305 e. The van der Waals surface area contributed by atoms with Gasteiger partial charge in [0.2, 0.25) is 0 Å². The van der Waals surface area contributed by atoms with Crippen LogP contribution in [0.1, 0.15) is 181 Å². The molecular weight excluding hydrogens is 673 g/mol. The number of esters is 2. The van der Waals surface area contributed by atoms with Crippen molar-refractivity contribution in [1.29, 1.82) is 0 Å². The molecule has 0 aliphatic heterocycles. The third kappa shape index (κ3) is 36.3. The Hall–Kier alpha value is -2.67. The molecule has 0 radical (unpaired) electrons. The molecule has 0 saturated carbocycles. The van der Waals surface area contributed by atoms with E-state index in [0.717, 1.165) is 77.2 Å². The SMILES string of the molecule is CCCCC/C=C\C/C=C\CCCCCCCC(=O)OCCN(CCOC(=O)CCCCCCC/C=C\C/C=C\CCCCC)C(=O)C[N+](C)(C)CCC. The third-order valence-electron chi connectivity index (χ3n) is 9.66. The molecule has 0 aromatic carbocycles. The molecule has 0 aliphatic carbocycles. The highest BCUT2D eigenvalue weighted by atomic mass is 16.5. The monoisotopic (exact) mass is 758 g/mol. The summed E-state index contributed by atoms with van der Waals surface area (Å²) in [7, 11) is 4.10. The molecular formula is C47H85N2O5+. The highest BCUT2D eigenvalue weighted by molar-refractivity contribution is 5.77. The van der Waals surface area contributed by atoms with Crippen molar-refractivity contribution in [3.05, 3.63) is 48.6 Å². The number of rotatable bonds is 38. The molecule has 0 aromatic rings. The molecule has 0 heterocycles. The fourth-order valence-corrected chi connectivity index (χ4v) is 6.36. The maximum atomic E-state index is 13.3. The van der Waals surface area contributed by atoms with Gasteiger partial charge in [-0.15, -0.1) is 0 Å². The lowest BCUT2D eigenvalue weighted by atomic mass is 10.1. The van der Waals surface area contributed by atoms with Crippen LogP contribution < -0.4 is 0 Å². The van der Waals surface area contributed by atoms with Crippen molar-refractivity contribution in [2.45, 2.75) is 181 Å². The van der Waals surface area contributed by atoms with Crippen LogP contribution in [0.4, 0.5) is 0 Å². The van der Waals surface area contributed by atoms with E-state index in [2.05, 4.69) is 83.5 Å². The van der Waals surface area contributed by atoms with Crippen LogP contribution in [0.15, 0.2) is 48.6 Å². The van der Waals surface area contributed by atoms with Crippen molar-refractivity contribution < 1.29 is 28.3 Å². The lowest BCUT2D eigenvalue weighted by Crippen LogP contribution is -2.50. The minimum absolute atomic E-state index is 0.0111. The molecule has 312 valence electrons. The van der Waals surface area contributed by atoms with E-state index in [1.54, 1.807) is 4.90 Å². The van der Waals surface area contributed by atoms with Crippen LogP contribution in [-0.4, -0.2) is 80.7 Å². The van der Waals surface area contributed by atoms with E-state index >= 15 is 0 Å². The van der Waals surface area contributed by atoms with Crippen molar-refractivity contribution in [2.24, 2.45) is 0 Å². The van der Waals surface area contributed by atoms with Crippen LogP contribution in [0.2, 0.25) is 0 Å². The molecule has 0 aromatic heterocycles. The van der Waals surface area contributed by atoms with Crippen LogP contribution in [-0.2, 0) is 23.9 Å². The van der Waals surface area contributed by atoms with Crippen LogP contribution >= 0.6 is 0 Å². The Balaban J connectivity index is 4.23. The first-order valence-electron chi connectivity index (χ1n) is 22.3. The molecule has 0 aliphatic rings. The second-order valence-corrected chi connectivity index (χ2v) is 15.6. The van der Waals surface area contributed by atoms with Crippen molar-refractivity contribution in [2.75, 3.05) is 53.5 Å². The summed E-state index contributed by atoms with van der Waals surface area (Å²) in [5.74, 6) is -0.430. The number of likely N-dealkylation sites (N-methyl/N-ethyl adjacent to an activating group) is 1. The van der Waals surface area contributed by atoms with E-state index in [0.29, 0.717) is 37.0 Å². The highest BCUT2D eigenvalue weighted by Crippen LogP contribution is 2.11. The van der Waals surface area contributed by atoms with Crippen LogP contribution in [0.5, 0.6) is 0 Å². The fraction of sp³-hybridized carbons (Fsp3) is 0.766. The standard InChI is InChI=1S/C47H85N2O5/c1-6-9-11-13-15-17-19-21-23-25-27-29-31-33-35-37-46(51)53-42-39-48(45(50)44-49(4,5)41-8-3)40-43-54-47(52)38-36-34-32-30-28-26-24-22-20-18-16-14-12-10-7-2/h15-18,21-24H,6-14,19-20,25-44H2,1-5H3/q+1/b17-15-,18-16-,23-21-,24-22-. The second-order valence-electron chi connectivity index (χ2n) is 15.6. The Morgan fingerprint density at radius 2 is 0.852 bits per heavy atom. The molecule has 0 atom stereocenters. The molecule has 1 amide bonds. The number of hydrogen-bond acceptors (Lipinski definition) is 5. The van der Waals surface area contributed by atoms with Gasteiger partial charge in [-0.25, -0.2) is 0 Å². The summed E-state index contributed by atoms with van der Waals surface area (Å²) in [6.45, 7) is 8.77. The zero-order valence-electron chi connectivity index (χ0n) is 36.0. The van der Waals surface area contributed by atoms with Crippen molar-refractivity contribution in [3.63, 3.8) is 0 Å². The topological polar surface area (TPSA) is 72.9 Å². The molecule has 0 bridgehead atoms. The van der Waals surface area contributed by atoms with E-state index < -0.39 is 0 Å². The van der Waals surface area contributed by atoms with Gasteiger partial charge >= 0.3 is 11.9 Å². The van der Waals surface area contributed by atoms with Crippen molar-refractivity contribution >= 4 is 17.8 Å². The molecule has 0 fully saturated rings. The molecule has 0 N–H and O–H groups in total. The predicted molar refractivity (Wildman–Crippen MR) is 229 cm³/mol. The van der Waals surface area contributed by atoms with E-state index in [1.165, 1.54) is 77.0 Å². The lowest BCUT2D eigenvalue weighted by molar-refractivity contribution is -0.882. The number of hydrogen-bond donors (Lipinski definition) is 0. The first-order chi connectivity index (χ1) is 26.3. The molecule has 54 heavy (non-hydrogen) atoms. The Bertz CT molecular complexity index is 952. The van der Waals surface area contributed by atoms with Crippen molar-refractivity contribution in [3.8, 4) is 0 Å². The van der Waals surface area contributed by atoms with Gasteiger partial charge in [0.05, 0.1) is 33.7 Å². The Labute approximate surface area is 333 Å². The average Bonchev–Trinajstić information content (AvgIpc) is 3.13. The van der Waals surface area contributed by atoms with Crippen molar-refractivity contribution in [1.82, 2.24) is 4.90 Å². The molecule has 0 saturated heterocycles. The van der Waals surface area contributed by atoms with Gasteiger partial charge in [-0.3, -0.25) is 14.4 Å². The van der Waals surface area contributed by atoms with Crippen LogP contribution in [0, 0.1) is 0 Å². The number of nitrogens with zero attached hydrogens (tertiary/aromatic N) is 2. The summed E-state index contributed by atoms with van der Waals surface area (Å²) in [5, 5.41) is 0. The van der Waals surface area contributed by atoms with Gasteiger partial charge in [0.25, 0.3) is 5.91 Å². The Kier molecular flexibility index (Phi) is 36.7.